The van der Waals surface area contributed by atoms with Crippen LogP contribution in [0.25, 0.3) is 0 Å². The number of hydrogen-bond donors (Lipinski definition) is 4. The molecule has 8 heteroatoms. The van der Waals surface area contributed by atoms with Gasteiger partial charge in [0.15, 0.2) is 0 Å². The molecule has 4 heterocycles. The van der Waals surface area contributed by atoms with Gasteiger partial charge in [0.2, 0.25) is 0 Å². The first-order valence-corrected chi connectivity index (χ1v) is 21.9. The second-order valence-corrected chi connectivity index (χ2v) is 19.3. The molecule has 0 radical (unpaired) electrons. The monoisotopic (exact) mass is 670 g/mol. The zero-order chi connectivity index (χ0) is 31.3. The Morgan fingerprint density at radius 1 is 0.617 bits per heavy atom. The Balaban J connectivity index is 0.850. The van der Waals surface area contributed by atoms with Crippen LogP contribution in [0.4, 0.5) is 0 Å². The number of rotatable bonds is 6. The summed E-state index contributed by atoms with van der Waals surface area (Å²) in [5, 5.41) is 25.5. The summed E-state index contributed by atoms with van der Waals surface area (Å²) in [6.45, 7) is 2.40. The van der Waals surface area contributed by atoms with Crippen molar-refractivity contribution >= 4 is 11.8 Å². The van der Waals surface area contributed by atoms with E-state index in [2.05, 4.69) is 37.5 Å². The topological polar surface area (TPSA) is 72.0 Å². The zero-order valence-corrected chi connectivity index (χ0v) is 30.1. The van der Waals surface area contributed by atoms with Gasteiger partial charge < -0.3 is 15.2 Å². The molecule has 0 spiro atoms. The van der Waals surface area contributed by atoms with Crippen LogP contribution in [0.1, 0.15) is 141 Å². The molecule has 5 saturated carbocycles. The van der Waals surface area contributed by atoms with Crippen molar-refractivity contribution < 1.29 is 9.84 Å². The minimum atomic E-state index is -0.162. The van der Waals surface area contributed by atoms with E-state index in [9.17, 15) is 5.11 Å². The highest BCUT2D eigenvalue weighted by Crippen LogP contribution is 2.46. The van der Waals surface area contributed by atoms with Gasteiger partial charge in [-0.15, -0.1) is 11.8 Å². The predicted molar refractivity (Wildman–Crippen MR) is 191 cm³/mol. The predicted octanol–water partition coefficient (Wildman–Crippen LogP) is 5.95. The fourth-order valence-electron chi connectivity index (χ4n) is 12.7. The number of nitrogens with zero attached hydrogens (tertiary/aromatic N) is 2. The van der Waals surface area contributed by atoms with Crippen LogP contribution in [0.5, 0.6) is 0 Å². The Bertz CT molecular complexity index is 943. The molecule has 4 aliphatic heterocycles. The van der Waals surface area contributed by atoms with E-state index in [1.54, 1.807) is 0 Å². The molecule has 0 amide bonds. The summed E-state index contributed by atoms with van der Waals surface area (Å²) in [6, 6.07) is 3.83. The van der Waals surface area contributed by atoms with Crippen molar-refractivity contribution in [2.45, 2.75) is 213 Å². The van der Waals surface area contributed by atoms with Crippen molar-refractivity contribution in [3.05, 3.63) is 0 Å². The van der Waals surface area contributed by atoms with Crippen molar-refractivity contribution in [1.82, 2.24) is 25.8 Å². The van der Waals surface area contributed by atoms with Gasteiger partial charge in [0.1, 0.15) is 6.23 Å². The second-order valence-electron chi connectivity index (χ2n) is 17.9. The molecule has 9 aliphatic rings. The molecular weight excluding hydrogens is 603 g/mol. The summed E-state index contributed by atoms with van der Waals surface area (Å²) in [7, 11) is 0. The minimum Gasteiger partial charge on any atom is -0.393 e. The number of thioether (sulfide) groups is 1. The van der Waals surface area contributed by atoms with E-state index in [4.69, 9.17) is 4.74 Å². The summed E-state index contributed by atoms with van der Waals surface area (Å²) in [5.74, 6) is 1.95. The number of ether oxygens (including phenoxy) is 1. The largest absolute Gasteiger partial charge is 0.393 e. The number of piperidine rings is 1. The number of nitrogens with one attached hydrogen (secondary N) is 3. The molecule has 9 fully saturated rings. The first kappa shape index (κ1) is 32.9. The Hall–Kier alpha value is 0.0700. The van der Waals surface area contributed by atoms with Gasteiger partial charge in [-0.1, -0.05) is 25.7 Å². The highest BCUT2D eigenvalue weighted by Gasteiger charge is 2.47. The van der Waals surface area contributed by atoms with E-state index in [0.717, 1.165) is 30.2 Å². The lowest BCUT2D eigenvalue weighted by molar-refractivity contribution is -0.0537. The van der Waals surface area contributed by atoms with Gasteiger partial charge in [0.05, 0.1) is 23.7 Å². The molecule has 0 aromatic heterocycles. The summed E-state index contributed by atoms with van der Waals surface area (Å²) in [4.78, 5) is 5.76. The standard InChI is InChI=1S/C39H67N5O2S/c45-34-23-29(20-21-30(34)33-24-43-22-6-5-11-37(43)40-33)44(27-16-12-25(13-17-27)38-41-31-7-1-3-9-35(31)46-38)28-18-14-26(15-19-28)39-42-32-8-2-4-10-36(32)47-39/h25-42,45H,1-24H2. The van der Waals surface area contributed by atoms with Crippen molar-refractivity contribution in [2.24, 2.45) is 17.8 Å². The molecule has 0 aromatic carbocycles. The van der Waals surface area contributed by atoms with Gasteiger partial charge in [0.25, 0.3) is 0 Å². The maximum absolute atomic E-state index is 11.8. The van der Waals surface area contributed by atoms with Crippen LogP contribution in [0.15, 0.2) is 0 Å². The minimum absolute atomic E-state index is 0.162. The number of hydrogen-bond acceptors (Lipinski definition) is 8. The normalized spacial score (nSPS) is 51.1. The molecule has 7 nitrogen and oxygen atoms in total. The molecule has 47 heavy (non-hydrogen) atoms. The third kappa shape index (κ3) is 6.88. The van der Waals surface area contributed by atoms with Gasteiger partial charge in [-0.3, -0.25) is 20.4 Å². The van der Waals surface area contributed by atoms with Gasteiger partial charge in [-0.2, -0.15) is 0 Å². The lowest BCUT2D eigenvalue weighted by Crippen LogP contribution is -2.56. The summed E-state index contributed by atoms with van der Waals surface area (Å²) in [5.41, 5.74) is 0. The molecule has 266 valence electrons. The van der Waals surface area contributed by atoms with Crippen LogP contribution in [0.3, 0.4) is 0 Å². The fraction of sp³-hybridized carbons (Fsp3) is 1.00. The molecule has 5 aliphatic carbocycles. The highest BCUT2D eigenvalue weighted by atomic mass is 32.2. The summed E-state index contributed by atoms with van der Waals surface area (Å²) in [6.07, 6.45) is 30.4. The number of aliphatic hydroxyl groups is 1. The van der Waals surface area contributed by atoms with Gasteiger partial charge >= 0.3 is 0 Å². The lowest BCUT2D eigenvalue weighted by atomic mass is 9.75. The average molecular weight is 670 g/mol. The SMILES string of the molecule is OC1CC(N(C2CCC(C3NC4CCCCC4O3)CC2)C2CCC(C3NC4CCCCC4S3)CC2)CCC1C1CN2CCCCC2N1. The molecular formula is C39H67N5O2S. The Morgan fingerprint density at radius 3 is 2.06 bits per heavy atom. The Morgan fingerprint density at radius 2 is 1.32 bits per heavy atom. The fourth-order valence-corrected chi connectivity index (χ4v) is 14.5. The molecule has 0 bridgehead atoms. The first-order chi connectivity index (χ1) is 23.2. The quantitative estimate of drug-likeness (QED) is 0.277. The van der Waals surface area contributed by atoms with Crippen LogP contribution >= 0.6 is 11.8 Å². The van der Waals surface area contributed by atoms with Gasteiger partial charge in [-0.05, 0) is 134 Å². The van der Waals surface area contributed by atoms with Crippen LogP contribution in [0, 0.1) is 17.8 Å². The third-order valence-corrected chi connectivity index (χ3v) is 16.9. The third-order valence-electron chi connectivity index (χ3n) is 15.2. The van der Waals surface area contributed by atoms with Crippen LogP contribution in [-0.2, 0) is 4.74 Å². The molecule has 11 atom stereocenters. The van der Waals surface area contributed by atoms with Crippen molar-refractivity contribution in [1.29, 1.82) is 0 Å². The zero-order valence-electron chi connectivity index (χ0n) is 29.3. The van der Waals surface area contributed by atoms with Crippen LogP contribution in [-0.4, -0.2) is 99.5 Å². The van der Waals surface area contributed by atoms with Crippen molar-refractivity contribution in [3.63, 3.8) is 0 Å². The molecule has 9 rings (SSSR count). The Kier molecular flexibility index (Phi) is 10.2. The van der Waals surface area contributed by atoms with Crippen molar-refractivity contribution in [3.8, 4) is 0 Å². The van der Waals surface area contributed by atoms with E-state index < -0.39 is 0 Å². The van der Waals surface area contributed by atoms with Crippen LogP contribution in [0.2, 0.25) is 0 Å². The lowest BCUT2D eigenvalue weighted by Gasteiger charge is -2.51. The van der Waals surface area contributed by atoms with Gasteiger partial charge in [-0.25, -0.2) is 0 Å². The smallest absolute Gasteiger partial charge is 0.111 e. The van der Waals surface area contributed by atoms with Gasteiger partial charge in [0, 0.05) is 54.0 Å². The van der Waals surface area contributed by atoms with E-state index in [1.165, 1.54) is 141 Å². The van der Waals surface area contributed by atoms with E-state index in [0.29, 0.717) is 65.9 Å². The summed E-state index contributed by atoms with van der Waals surface area (Å²) >= 11 is 2.32. The molecule has 4 saturated heterocycles. The first-order valence-electron chi connectivity index (χ1n) is 20.9. The second kappa shape index (κ2) is 14.6. The van der Waals surface area contributed by atoms with E-state index in [1.807, 2.05) is 0 Å². The number of aliphatic hydroxyl groups excluding tert-OH is 1. The van der Waals surface area contributed by atoms with E-state index >= 15 is 0 Å². The Labute approximate surface area is 290 Å². The highest BCUT2D eigenvalue weighted by molar-refractivity contribution is 8.00. The molecule has 0 aromatic rings. The number of fused-ring (bicyclic) bond motifs is 3. The molecule has 4 N–H and O–H groups in total. The van der Waals surface area contributed by atoms with Crippen molar-refractivity contribution in [2.75, 3.05) is 13.1 Å². The maximum atomic E-state index is 11.8. The van der Waals surface area contributed by atoms with E-state index in [-0.39, 0.29) is 6.10 Å². The maximum Gasteiger partial charge on any atom is 0.111 e. The summed E-state index contributed by atoms with van der Waals surface area (Å²) < 4.78 is 6.66. The molecule has 11 unspecified atom stereocenters. The van der Waals surface area contributed by atoms with Crippen LogP contribution < -0.4 is 16.0 Å². The average Bonchev–Trinajstić information content (AvgIpc) is 3.86.